The molecule has 2 aromatic rings. The fourth-order valence-corrected chi connectivity index (χ4v) is 3.88. The minimum absolute atomic E-state index is 0.282. The van der Waals surface area contributed by atoms with Crippen molar-refractivity contribution in [1.82, 2.24) is 0 Å². The van der Waals surface area contributed by atoms with E-state index in [1.54, 1.807) is 11.3 Å². The van der Waals surface area contributed by atoms with E-state index in [4.69, 9.17) is 11.6 Å². The number of rotatable bonds is 2. The zero-order valence-electron chi connectivity index (χ0n) is 7.46. The lowest BCUT2D eigenvalue weighted by Crippen LogP contribution is -1.84. The van der Waals surface area contributed by atoms with E-state index >= 15 is 0 Å². The number of hydrogen-bond donors (Lipinski definition) is 0. The summed E-state index contributed by atoms with van der Waals surface area (Å²) in [7, 11) is 0. The summed E-state index contributed by atoms with van der Waals surface area (Å²) in [4.78, 5) is 2.95. The monoisotopic (exact) mass is 306 g/mol. The Morgan fingerprint density at radius 2 is 2.21 bits per heavy atom. The van der Waals surface area contributed by atoms with Crippen LogP contribution in [-0.4, -0.2) is 0 Å². The number of aryl methyl sites for hydroxylation is 1. The van der Waals surface area contributed by atoms with E-state index in [1.807, 2.05) is 17.4 Å². The first-order chi connectivity index (χ1) is 6.66. The van der Waals surface area contributed by atoms with Crippen LogP contribution in [0.5, 0.6) is 0 Å². The lowest BCUT2D eigenvalue weighted by Gasteiger charge is -2.03. The standard InChI is InChI=1S/C10H8BrClS2/c1-6-2-3-8(14-6)10(11)7-4-9(12)13-5-7/h2-5,10H,1H3. The molecule has 0 spiro atoms. The fraction of sp³-hybridized carbons (Fsp3) is 0.200. The van der Waals surface area contributed by atoms with Crippen LogP contribution in [0.3, 0.4) is 0 Å². The molecule has 4 heteroatoms. The van der Waals surface area contributed by atoms with Gasteiger partial charge in [-0.1, -0.05) is 27.5 Å². The van der Waals surface area contributed by atoms with Crippen LogP contribution in [0.25, 0.3) is 0 Å². The summed E-state index contributed by atoms with van der Waals surface area (Å²) >= 11 is 13.0. The quantitative estimate of drug-likeness (QED) is 0.664. The van der Waals surface area contributed by atoms with Gasteiger partial charge in [-0.2, -0.15) is 0 Å². The molecule has 0 aromatic carbocycles. The summed E-state index contributed by atoms with van der Waals surface area (Å²) in [5.41, 5.74) is 1.24. The average Bonchev–Trinajstić information content (AvgIpc) is 2.73. The highest BCUT2D eigenvalue weighted by molar-refractivity contribution is 9.09. The lowest BCUT2D eigenvalue weighted by atomic mass is 10.2. The zero-order chi connectivity index (χ0) is 10.1. The highest BCUT2D eigenvalue weighted by Gasteiger charge is 2.13. The first kappa shape index (κ1) is 10.7. The molecule has 74 valence electrons. The Balaban J connectivity index is 2.28. The Bertz CT molecular complexity index is 393. The van der Waals surface area contributed by atoms with E-state index in [1.165, 1.54) is 15.3 Å². The smallest absolute Gasteiger partial charge is 0.0931 e. The molecular formula is C10H8BrClS2. The molecule has 0 aliphatic rings. The molecular weight excluding hydrogens is 300 g/mol. The molecule has 0 saturated heterocycles. The molecule has 0 aliphatic carbocycles. The van der Waals surface area contributed by atoms with Crippen molar-refractivity contribution < 1.29 is 0 Å². The van der Waals surface area contributed by atoms with E-state index in [0.717, 1.165) is 4.34 Å². The van der Waals surface area contributed by atoms with E-state index < -0.39 is 0 Å². The third-order valence-electron chi connectivity index (χ3n) is 1.89. The minimum atomic E-state index is 0.282. The van der Waals surface area contributed by atoms with Crippen molar-refractivity contribution in [3.63, 3.8) is 0 Å². The predicted molar refractivity (Wildman–Crippen MR) is 69.2 cm³/mol. The van der Waals surface area contributed by atoms with Crippen LogP contribution in [-0.2, 0) is 0 Å². The summed E-state index contributed by atoms with van der Waals surface area (Å²) < 4.78 is 0.845. The molecule has 0 radical (unpaired) electrons. The molecule has 0 bridgehead atoms. The Morgan fingerprint density at radius 3 is 2.71 bits per heavy atom. The maximum Gasteiger partial charge on any atom is 0.0931 e. The Kier molecular flexibility index (Phi) is 3.32. The van der Waals surface area contributed by atoms with Gasteiger partial charge in [0.2, 0.25) is 0 Å². The van der Waals surface area contributed by atoms with Gasteiger partial charge in [-0.3, -0.25) is 0 Å². The van der Waals surface area contributed by atoms with Crippen LogP contribution in [0.15, 0.2) is 23.6 Å². The highest BCUT2D eigenvalue weighted by atomic mass is 79.9. The summed E-state index contributed by atoms with van der Waals surface area (Å²) in [6, 6.07) is 6.31. The highest BCUT2D eigenvalue weighted by Crippen LogP contribution is 2.37. The summed E-state index contributed by atoms with van der Waals surface area (Å²) in [5.74, 6) is 0. The fourth-order valence-electron chi connectivity index (χ4n) is 1.21. The van der Waals surface area contributed by atoms with Crippen LogP contribution in [0.4, 0.5) is 0 Å². The van der Waals surface area contributed by atoms with Gasteiger partial charge in [-0.25, -0.2) is 0 Å². The van der Waals surface area contributed by atoms with Crippen molar-refractivity contribution >= 4 is 50.2 Å². The van der Waals surface area contributed by atoms with Crippen LogP contribution in [0.2, 0.25) is 4.34 Å². The van der Waals surface area contributed by atoms with Gasteiger partial charge in [0, 0.05) is 9.75 Å². The molecule has 14 heavy (non-hydrogen) atoms. The predicted octanol–water partition coefficient (Wildman–Crippen LogP) is 5.26. The van der Waals surface area contributed by atoms with E-state index in [-0.39, 0.29) is 4.83 Å². The van der Waals surface area contributed by atoms with Crippen molar-refractivity contribution in [3.05, 3.63) is 43.2 Å². The molecule has 0 fully saturated rings. The van der Waals surface area contributed by atoms with Gasteiger partial charge < -0.3 is 0 Å². The Hall–Kier alpha value is 0.170. The second-order valence-corrected chi connectivity index (χ2v) is 6.77. The molecule has 1 unspecified atom stereocenters. The minimum Gasteiger partial charge on any atom is -0.144 e. The topological polar surface area (TPSA) is 0 Å². The SMILES string of the molecule is Cc1ccc(C(Br)c2csc(Cl)c2)s1. The van der Waals surface area contributed by atoms with Crippen molar-refractivity contribution in [2.45, 2.75) is 11.8 Å². The number of thiophene rings is 2. The van der Waals surface area contributed by atoms with Crippen LogP contribution >= 0.6 is 50.2 Å². The lowest BCUT2D eigenvalue weighted by molar-refractivity contribution is 1.25. The summed E-state index contributed by atoms with van der Waals surface area (Å²) in [6.07, 6.45) is 0. The normalized spacial score (nSPS) is 13.1. The summed E-state index contributed by atoms with van der Waals surface area (Å²) in [6.45, 7) is 2.12. The zero-order valence-corrected chi connectivity index (χ0v) is 11.4. The molecule has 0 saturated carbocycles. The third-order valence-corrected chi connectivity index (χ3v) is 5.39. The molecule has 0 aliphatic heterocycles. The molecule has 2 heterocycles. The van der Waals surface area contributed by atoms with Crippen LogP contribution in [0, 0.1) is 6.92 Å². The van der Waals surface area contributed by atoms with Gasteiger partial charge in [0.15, 0.2) is 0 Å². The molecule has 0 amide bonds. The maximum atomic E-state index is 5.90. The van der Waals surface area contributed by atoms with Crippen LogP contribution < -0.4 is 0 Å². The van der Waals surface area contributed by atoms with Gasteiger partial charge in [-0.05, 0) is 36.1 Å². The first-order valence-electron chi connectivity index (χ1n) is 4.11. The van der Waals surface area contributed by atoms with E-state index in [0.29, 0.717) is 0 Å². The van der Waals surface area contributed by atoms with Crippen molar-refractivity contribution in [2.75, 3.05) is 0 Å². The van der Waals surface area contributed by atoms with Crippen molar-refractivity contribution in [1.29, 1.82) is 0 Å². The molecule has 2 aromatic heterocycles. The van der Waals surface area contributed by atoms with Crippen LogP contribution in [0.1, 0.15) is 20.1 Å². The Labute approximate surface area is 105 Å². The second kappa shape index (κ2) is 4.35. The number of halogens is 2. The number of alkyl halides is 1. The number of hydrogen-bond acceptors (Lipinski definition) is 2. The van der Waals surface area contributed by atoms with Crippen molar-refractivity contribution in [3.8, 4) is 0 Å². The van der Waals surface area contributed by atoms with Gasteiger partial charge in [0.05, 0.1) is 9.16 Å². The second-order valence-electron chi connectivity index (χ2n) is 3.00. The van der Waals surface area contributed by atoms with Gasteiger partial charge >= 0.3 is 0 Å². The third kappa shape index (κ3) is 2.22. The molecule has 1 atom stereocenters. The largest absolute Gasteiger partial charge is 0.144 e. The van der Waals surface area contributed by atoms with E-state index in [2.05, 4.69) is 40.4 Å². The van der Waals surface area contributed by atoms with Gasteiger partial charge in [0.1, 0.15) is 0 Å². The summed E-state index contributed by atoms with van der Waals surface area (Å²) in [5, 5.41) is 2.09. The van der Waals surface area contributed by atoms with E-state index in [9.17, 15) is 0 Å². The Morgan fingerprint density at radius 1 is 1.43 bits per heavy atom. The molecule has 0 nitrogen and oxygen atoms in total. The van der Waals surface area contributed by atoms with Crippen molar-refractivity contribution in [2.24, 2.45) is 0 Å². The maximum absolute atomic E-state index is 5.90. The average molecular weight is 308 g/mol. The molecule has 0 N–H and O–H groups in total. The first-order valence-corrected chi connectivity index (χ1v) is 7.10. The molecule has 2 rings (SSSR count). The van der Waals surface area contributed by atoms with Gasteiger partial charge in [-0.15, -0.1) is 22.7 Å². The van der Waals surface area contributed by atoms with Gasteiger partial charge in [0.25, 0.3) is 0 Å².